The Morgan fingerprint density at radius 1 is 1.09 bits per heavy atom. The summed E-state index contributed by atoms with van der Waals surface area (Å²) in [6.07, 6.45) is 0.810. The molecule has 0 spiro atoms. The largest absolute Gasteiger partial charge is 0.294 e. The molecule has 120 valence electrons. The summed E-state index contributed by atoms with van der Waals surface area (Å²) in [5, 5.41) is 0.405. The number of halogens is 1. The predicted octanol–water partition coefficient (Wildman–Crippen LogP) is 3.82. The van der Waals surface area contributed by atoms with Crippen molar-refractivity contribution in [1.29, 1.82) is 0 Å². The minimum Gasteiger partial charge on any atom is -0.294 e. The molecule has 6 heteroatoms. The number of anilines is 1. The summed E-state index contributed by atoms with van der Waals surface area (Å²) >= 11 is 6.03. The van der Waals surface area contributed by atoms with Crippen molar-refractivity contribution in [3.8, 4) is 0 Å². The second-order valence-corrected chi connectivity index (χ2v) is 7.88. The second kappa shape index (κ2) is 5.98. The van der Waals surface area contributed by atoms with Gasteiger partial charge in [-0.05, 0) is 43.7 Å². The van der Waals surface area contributed by atoms with Gasteiger partial charge in [0.05, 0.1) is 10.6 Å². The van der Waals surface area contributed by atoms with Crippen molar-refractivity contribution in [2.24, 2.45) is 0 Å². The fraction of sp³-hybridized carbons (Fsp3) is 0.235. The highest BCUT2D eigenvalue weighted by molar-refractivity contribution is 7.92. The van der Waals surface area contributed by atoms with Gasteiger partial charge in [0.1, 0.15) is 0 Å². The predicted molar refractivity (Wildman–Crippen MR) is 90.7 cm³/mol. The highest BCUT2D eigenvalue weighted by atomic mass is 35.5. The van der Waals surface area contributed by atoms with E-state index in [9.17, 15) is 13.2 Å². The van der Waals surface area contributed by atoms with Crippen molar-refractivity contribution >= 4 is 33.1 Å². The van der Waals surface area contributed by atoms with Crippen molar-refractivity contribution in [3.05, 3.63) is 58.6 Å². The van der Waals surface area contributed by atoms with Crippen molar-refractivity contribution in [3.63, 3.8) is 0 Å². The monoisotopic (exact) mass is 349 g/mol. The van der Waals surface area contributed by atoms with Crippen molar-refractivity contribution in [2.45, 2.75) is 24.7 Å². The zero-order valence-electron chi connectivity index (χ0n) is 12.6. The zero-order valence-corrected chi connectivity index (χ0v) is 14.2. The van der Waals surface area contributed by atoms with Crippen molar-refractivity contribution in [1.82, 2.24) is 0 Å². The maximum absolute atomic E-state index is 13.0. The first-order valence-electron chi connectivity index (χ1n) is 7.32. The summed E-state index contributed by atoms with van der Waals surface area (Å²) in [5.41, 5.74) is 1.75. The second-order valence-electron chi connectivity index (χ2n) is 5.58. The number of Topliss-reactive ketones (excluding diaryl/α,β-unsaturated/α-hetero) is 1. The third-order valence-corrected chi connectivity index (χ3v) is 5.97. The van der Waals surface area contributed by atoms with Crippen LogP contribution in [0.4, 0.5) is 5.69 Å². The first-order chi connectivity index (χ1) is 10.9. The number of fused-ring (bicyclic) bond motifs is 1. The minimum absolute atomic E-state index is 0.0572. The first kappa shape index (κ1) is 16.0. The van der Waals surface area contributed by atoms with Gasteiger partial charge in [-0.2, -0.15) is 0 Å². The number of carbonyl (C=O) groups excluding carboxylic acids is 1. The Kier molecular flexibility index (Phi) is 4.17. The van der Waals surface area contributed by atoms with Crippen LogP contribution in [0.3, 0.4) is 0 Å². The molecule has 0 unspecified atom stereocenters. The molecule has 4 nitrogen and oxygen atoms in total. The van der Waals surface area contributed by atoms with E-state index in [2.05, 4.69) is 0 Å². The zero-order chi connectivity index (χ0) is 16.6. The quantitative estimate of drug-likeness (QED) is 0.828. The van der Waals surface area contributed by atoms with Crippen molar-refractivity contribution in [2.75, 3.05) is 10.8 Å². The molecule has 0 saturated carbocycles. The maximum Gasteiger partial charge on any atom is 0.264 e. The lowest BCUT2D eigenvalue weighted by Gasteiger charge is -2.24. The Morgan fingerprint density at radius 2 is 1.78 bits per heavy atom. The van der Waals surface area contributed by atoms with Crippen LogP contribution in [-0.2, 0) is 10.0 Å². The molecule has 0 aromatic heterocycles. The van der Waals surface area contributed by atoms with E-state index in [4.69, 9.17) is 11.6 Å². The standard InChI is InChI=1S/C17H16ClNO3S/c1-12-4-7-14(8-5-12)23(21,22)19-10-2-3-17(20)15-9-6-13(18)11-16(15)19/h4-9,11H,2-3,10H2,1H3. The van der Waals surface area contributed by atoms with Gasteiger partial charge in [-0.25, -0.2) is 8.42 Å². The van der Waals surface area contributed by atoms with Crippen LogP contribution in [0.25, 0.3) is 0 Å². The molecule has 1 heterocycles. The van der Waals surface area contributed by atoms with Gasteiger partial charge >= 0.3 is 0 Å². The highest BCUT2D eigenvalue weighted by Gasteiger charge is 2.30. The van der Waals surface area contributed by atoms with Gasteiger partial charge in [-0.15, -0.1) is 0 Å². The van der Waals surface area contributed by atoms with Gasteiger partial charge in [0.15, 0.2) is 5.78 Å². The van der Waals surface area contributed by atoms with Crippen LogP contribution < -0.4 is 4.31 Å². The third kappa shape index (κ3) is 2.99. The summed E-state index contributed by atoms with van der Waals surface area (Å²) in [6, 6.07) is 11.4. The van der Waals surface area contributed by atoms with Gasteiger partial charge in [0, 0.05) is 23.6 Å². The number of carbonyl (C=O) groups is 1. The van der Waals surface area contributed by atoms with E-state index in [1.54, 1.807) is 42.5 Å². The van der Waals surface area contributed by atoms with Crippen LogP contribution in [0.15, 0.2) is 47.4 Å². The molecule has 0 saturated heterocycles. The third-order valence-electron chi connectivity index (χ3n) is 3.90. The molecule has 0 atom stereocenters. The Labute approximate surface area is 140 Å². The molecule has 1 aliphatic heterocycles. The number of sulfonamides is 1. The lowest BCUT2D eigenvalue weighted by atomic mass is 10.1. The van der Waals surface area contributed by atoms with Gasteiger partial charge < -0.3 is 0 Å². The Morgan fingerprint density at radius 3 is 2.48 bits per heavy atom. The van der Waals surface area contributed by atoms with Crippen LogP contribution in [-0.4, -0.2) is 20.7 Å². The molecule has 0 fully saturated rings. The first-order valence-corrected chi connectivity index (χ1v) is 9.13. The molecule has 2 aromatic rings. The number of benzene rings is 2. The fourth-order valence-corrected chi connectivity index (χ4v) is 4.35. The van der Waals surface area contributed by atoms with E-state index < -0.39 is 10.0 Å². The molecule has 23 heavy (non-hydrogen) atoms. The Hall–Kier alpha value is -1.85. The van der Waals surface area contributed by atoms with E-state index in [-0.39, 0.29) is 17.2 Å². The molecule has 2 aromatic carbocycles. The van der Waals surface area contributed by atoms with Gasteiger partial charge in [-0.1, -0.05) is 29.3 Å². The topological polar surface area (TPSA) is 54.5 Å². The fourth-order valence-electron chi connectivity index (χ4n) is 2.67. The molecule has 0 N–H and O–H groups in total. The Balaban J connectivity index is 2.15. The number of aryl methyl sites for hydroxylation is 1. The summed E-state index contributed by atoms with van der Waals surface area (Å²) in [7, 11) is -3.73. The molecular formula is C17H16ClNO3S. The van der Waals surface area contributed by atoms with E-state index in [0.29, 0.717) is 29.1 Å². The summed E-state index contributed by atoms with van der Waals surface area (Å²) in [4.78, 5) is 12.4. The smallest absolute Gasteiger partial charge is 0.264 e. The maximum atomic E-state index is 13.0. The van der Waals surface area contributed by atoms with Gasteiger partial charge in [0.25, 0.3) is 10.0 Å². The summed E-state index contributed by atoms with van der Waals surface area (Å²) in [5.74, 6) is -0.0572. The number of nitrogens with zero attached hydrogens (tertiary/aromatic N) is 1. The number of rotatable bonds is 2. The summed E-state index contributed by atoms with van der Waals surface area (Å²) in [6.45, 7) is 2.16. The molecule has 1 aliphatic rings. The molecule has 3 rings (SSSR count). The lowest BCUT2D eigenvalue weighted by Crippen LogP contribution is -2.31. The molecule has 0 bridgehead atoms. The van der Waals surface area contributed by atoms with Crippen LogP contribution >= 0.6 is 11.6 Å². The molecular weight excluding hydrogens is 334 g/mol. The number of hydrogen-bond acceptors (Lipinski definition) is 3. The van der Waals surface area contributed by atoms with Gasteiger partial charge in [0.2, 0.25) is 0 Å². The molecule has 0 radical (unpaired) electrons. The average molecular weight is 350 g/mol. The number of ketones is 1. The molecule has 0 aliphatic carbocycles. The van der Waals surface area contributed by atoms with E-state index >= 15 is 0 Å². The normalized spacial score (nSPS) is 15.2. The minimum atomic E-state index is -3.73. The highest BCUT2D eigenvalue weighted by Crippen LogP contribution is 2.33. The van der Waals surface area contributed by atoms with Crippen LogP contribution in [0.2, 0.25) is 5.02 Å². The molecule has 0 amide bonds. The average Bonchev–Trinajstić information content (AvgIpc) is 2.67. The number of hydrogen-bond donors (Lipinski definition) is 0. The van der Waals surface area contributed by atoms with E-state index in [0.717, 1.165) is 5.56 Å². The van der Waals surface area contributed by atoms with E-state index in [1.165, 1.54) is 4.31 Å². The van der Waals surface area contributed by atoms with Crippen molar-refractivity contribution < 1.29 is 13.2 Å². The van der Waals surface area contributed by atoms with Crippen LogP contribution in [0, 0.1) is 6.92 Å². The van der Waals surface area contributed by atoms with Crippen LogP contribution in [0.1, 0.15) is 28.8 Å². The van der Waals surface area contributed by atoms with E-state index in [1.807, 2.05) is 6.92 Å². The van der Waals surface area contributed by atoms with Crippen LogP contribution in [0.5, 0.6) is 0 Å². The Bertz CT molecular complexity index is 860. The summed E-state index contributed by atoms with van der Waals surface area (Å²) < 4.78 is 27.3. The lowest BCUT2D eigenvalue weighted by molar-refractivity contribution is 0.0984. The van der Waals surface area contributed by atoms with Gasteiger partial charge in [-0.3, -0.25) is 9.10 Å². The SMILES string of the molecule is Cc1ccc(S(=O)(=O)N2CCCC(=O)c3ccc(Cl)cc32)cc1.